The number of aliphatic hydroxyl groups is 1. The van der Waals surface area contributed by atoms with E-state index in [0.717, 1.165) is 4.88 Å². The van der Waals surface area contributed by atoms with Gasteiger partial charge < -0.3 is 14.9 Å². The summed E-state index contributed by atoms with van der Waals surface area (Å²) in [5.74, 6) is 0.115. The number of nitrogens with zero attached hydrogens (tertiary/aromatic N) is 1. The van der Waals surface area contributed by atoms with Gasteiger partial charge in [0.1, 0.15) is 0 Å². The van der Waals surface area contributed by atoms with Gasteiger partial charge in [0.05, 0.1) is 15.3 Å². The summed E-state index contributed by atoms with van der Waals surface area (Å²) < 4.78 is 5.78. The van der Waals surface area contributed by atoms with Crippen LogP contribution in [0.15, 0.2) is 22.7 Å². The highest BCUT2D eigenvalue weighted by molar-refractivity contribution is 7.19. The van der Waals surface area contributed by atoms with E-state index in [9.17, 15) is 9.90 Å². The van der Waals surface area contributed by atoms with Crippen molar-refractivity contribution >= 4 is 28.8 Å². The Balaban J connectivity index is 2.00. The summed E-state index contributed by atoms with van der Waals surface area (Å²) in [5, 5.41) is 16.3. The molecule has 0 fully saturated rings. The molecule has 1 amide bonds. The van der Waals surface area contributed by atoms with E-state index < -0.39 is 6.10 Å². The average molecular weight is 329 g/mol. The first-order valence-corrected chi connectivity index (χ1v) is 7.65. The number of aromatic nitrogens is 1. The number of rotatable bonds is 4. The Morgan fingerprint density at radius 1 is 1.52 bits per heavy atom. The second-order valence-electron chi connectivity index (χ2n) is 5.77. The van der Waals surface area contributed by atoms with Gasteiger partial charge in [0.15, 0.2) is 11.5 Å². The number of thiophene rings is 1. The number of carbonyl (C=O) groups excluding carboxylic acids is 1. The van der Waals surface area contributed by atoms with Crippen molar-refractivity contribution in [1.82, 2.24) is 10.5 Å². The third-order valence-corrected chi connectivity index (χ3v) is 4.26. The molecule has 0 aliphatic rings. The van der Waals surface area contributed by atoms with Gasteiger partial charge in [0, 0.05) is 12.6 Å². The van der Waals surface area contributed by atoms with E-state index in [2.05, 4.69) is 10.5 Å². The predicted molar refractivity (Wildman–Crippen MR) is 82.6 cm³/mol. The van der Waals surface area contributed by atoms with Crippen LogP contribution < -0.4 is 5.32 Å². The molecule has 5 nitrogen and oxygen atoms in total. The van der Waals surface area contributed by atoms with Crippen molar-refractivity contribution in [1.29, 1.82) is 0 Å². The van der Waals surface area contributed by atoms with Crippen molar-refractivity contribution in [3.05, 3.63) is 28.2 Å². The van der Waals surface area contributed by atoms with Gasteiger partial charge in [0.25, 0.3) is 5.91 Å². The Morgan fingerprint density at radius 3 is 2.81 bits per heavy atom. The number of aliphatic hydroxyl groups excluding tert-OH is 1. The minimum Gasteiger partial charge on any atom is -0.391 e. The van der Waals surface area contributed by atoms with Crippen molar-refractivity contribution in [2.45, 2.75) is 26.9 Å². The topological polar surface area (TPSA) is 75.4 Å². The third kappa shape index (κ3) is 4.06. The smallest absolute Gasteiger partial charge is 0.273 e. The van der Waals surface area contributed by atoms with E-state index in [0.29, 0.717) is 10.1 Å². The molecule has 2 heterocycles. The lowest BCUT2D eigenvalue weighted by Gasteiger charge is -2.25. The van der Waals surface area contributed by atoms with E-state index in [4.69, 9.17) is 16.1 Å². The second-order valence-corrected chi connectivity index (χ2v) is 7.49. The standard InChI is InChI=1S/C14H17ClN2O3S/c1-14(2,3)11(18)7-16-13(19)8-6-9(20-17-8)10-4-5-12(15)21-10/h4-6,11,18H,7H2,1-3H3,(H,16,19). The first-order chi connectivity index (χ1) is 9.77. The maximum atomic E-state index is 12.0. The summed E-state index contributed by atoms with van der Waals surface area (Å²) in [4.78, 5) is 12.8. The minimum absolute atomic E-state index is 0.162. The number of hydrogen-bond acceptors (Lipinski definition) is 5. The largest absolute Gasteiger partial charge is 0.391 e. The van der Waals surface area contributed by atoms with Crippen LogP contribution in [0.5, 0.6) is 0 Å². The van der Waals surface area contributed by atoms with Gasteiger partial charge >= 0.3 is 0 Å². The summed E-state index contributed by atoms with van der Waals surface area (Å²) in [7, 11) is 0. The number of nitrogens with one attached hydrogen (secondary N) is 1. The Kier molecular flexibility index (Phi) is 4.70. The average Bonchev–Trinajstić information content (AvgIpc) is 3.02. The molecule has 0 aliphatic heterocycles. The number of halogens is 1. The molecule has 21 heavy (non-hydrogen) atoms. The maximum Gasteiger partial charge on any atom is 0.273 e. The van der Waals surface area contributed by atoms with Crippen molar-refractivity contribution in [2.75, 3.05) is 6.54 Å². The van der Waals surface area contributed by atoms with Gasteiger partial charge in [-0.25, -0.2) is 0 Å². The zero-order chi connectivity index (χ0) is 15.6. The van der Waals surface area contributed by atoms with E-state index >= 15 is 0 Å². The quantitative estimate of drug-likeness (QED) is 0.903. The van der Waals surface area contributed by atoms with Crippen molar-refractivity contribution < 1.29 is 14.4 Å². The van der Waals surface area contributed by atoms with Crippen LogP contribution in [0.3, 0.4) is 0 Å². The van der Waals surface area contributed by atoms with Gasteiger partial charge in [-0.15, -0.1) is 11.3 Å². The summed E-state index contributed by atoms with van der Waals surface area (Å²) in [6.45, 7) is 5.87. The molecule has 7 heteroatoms. The highest BCUT2D eigenvalue weighted by Crippen LogP contribution is 2.31. The molecule has 2 N–H and O–H groups in total. The van der Waals surface area contributed by atoms with Crippen molar-refractivity contribution in [3.63, 3.8) is 0 Å². The van der Waals surface area contributed by atoms with Crippen LogP contribution in [-0.2, 0) is 0 Å². The molecule has 0 aromatic carbocycles. The van der Waals surface area contributed by atoms with Crippen LogP contribution in [0, 0.1) is 5.41 Å². The van der Waals surface area contributed by atoms with Gasteiger partial charge in [-0.2, -0.15) is 0 Å². The highest BCUT2D eigenvalue weighted by atomic mass is 35.5. The molecule has 2 aromatic heterocycles. The zero-order valence-corrected chi connectivity index (χ0v) is 13.6. The molecule has 2 rings (SSSR count). The van der Waals surface area contributed by atoms with Gasteiger partial charge in [-0.3, -0.25) is 4.79 Å². The van der Waals surface area contributed by atoms with Gasteiger partial charge in [-0.05, 0) is 17.5 Å². The summed E-state index contributed by atoms with van der Waals surface area (Å²) in [6, 6.07) is 5.11. The Bertz CT molecular complexity index is 630. The van der Waals surface area contributed by atoms with Crippen LogP contribution in [-0.4, -0.2) is 28.8 Å². The minimum atomic E-state index is -0.635. The van der Waals surface area contributed by atoms with Crippen LogP contribution in [0.2, 0.25) is 4.34 Å². The SMILES string of the molecule is CC(C)(C)C(O)CNC(=O)c1cc(-c2ccc(Cl)s2)on1. The fourth-order valence-electron chi connectivity index (χ4n) is 1.53. The number of amides is 1. The number of hydrogen-bond donors (Lipinski definition) is 2. The molecule has 1 atom stereocenters. The molecule has 0 aliphatic carbocycles. The highest BCUT2D eigenvalue weighted by Gasteiger charge is 2.23. The molecule has 1 unspecified atom stereocenters. The Hall–Kier alpha value is -1.37. The lowest BCUT2D eigenvalue weighted by Crippen LogP contribution is -2.39. The molecule has 0 spiro atoms. The molecule has 0 radical (unpaired) electrons. The molecule has 0 saturated heterocycles. The Morgan fingerprint density at radius 2 is 2.24 bits per heavy atom. The fourth-order valence-corrected chi connectivity index (χ4v) is 2.52. The fraction of sp³-hybridized carbons (Fsp3) is 0.429. The third-order valence-electron chi connectivity index (χ3n) is 3.01. The van der Waals surface area contributed by atoms with E-state index in [-0.39, 0.29) is 23.6 Å². The monoisotopic (exact) mass is 328 g/mol. The van der Waals surface area contributed by atoms with E-state index in [1.54, 1.807) is 18.2 Å². The zero-order valence-electron chi connectivity index (χ0n) is 12.0. The first-order valence-electron chi connectivity index (χ1n) is 6.46. The molecular weight excluding hydrogens is 312 g/mol. The van der Waals surface area contributed by atoms with Crippen LogP contribution in [0.4, 0.5) is 0 Å². The van der Waals surface area contributed by atoms with Crippen LogP contribution >= 0.6 is 22.9 Å². The van der Waals surface area contributed by atoms with Crippen LogP contribution in [0.25, 0.3) is 10.6 Å². The van der Waals surface area contributed by atoms with Crippen molar-refractivity contribution in [2.24, 2.45) is 5.41 Å². The molecule has 0 bridgehead atoms. The second kappa shape index (κ2) is 6.17. The summed E-state index contributed by atoms with van der Waals surface area (Å²) >= 11 is 7.20. The first kappa shape index (κ1) is 16.0. The van der Waals surface area contributed by atoms with E-state index in [1.807, 2.05) is 20.8 Å². The predicted octanol–water partition coefficient (Wildman–Crippen LogP) is 3.19. The van der Waals surface area contributed by atoms with Gasteiger partial charge in [-0.1, -0.05) is 37.5 Å². The Labute approximate surface area is 131 Å². The van der Waals surface area contributed by atoms with Gasteiger partial charge in [0.2, 0.25) is 0 Å². The molecule has 2 aromatic rings. The maximum absolute atomic E-state index is 12.0. The van der Waals surface area contributed by atoms with Crippen LogP contribution in [0.1, 0.15) is 31.3 Å². The molecular formula is C14H17ClN2O3S. The van der Waals surface area contributed by atoms with E-state index in [1.165, 1.54) is 11.3 Å². The van der Waals surface area contributed by atoms with Crippen molar-refractivity contribution in [3.8, 4) is 10.6 Å². The molecule has 0 saturated carbocycles. The lowest BCUT2D eigenvalue weighted by atomic mass is 9.89. The molecule has 114 valence electrons. The lowest BCUT2D eigenvalue weighted by molar-refractivity contribution is 0.0584. The summed E-state index contributed by atoms with van der Waals surface area (Å²) in [6.07, 6.45) is -0.635. The number of carbonyl (C=O) groups is 1. The summed E-state index contributed by atoms with van der Waals surface area (Å²) in [5.41, 5.74) is -0.119. The normalized spacial score (nSPS) is 13.2.